The van der Waals surface area contributed by atoms with Gasteiger partial charge in [0.2, 0.25) is 5.91 Å². The Kier molecular flexibility index (Phi) is 9.01. The van der Waals surface area contributed by atoms with Crippen LogP contribution in [0.15, 0.2) is 18.2 Å². The van der Waals surface area contributed by atoms with Gasteiger partial charge in [-0.3, -0.25) is 4.79 Å². The minimum Gasteiger partial charge on any atom is -0.493 e. The van der Waals surface area contributed by atoms with E-state index in [1.807, 2.05) is 33.2 Å². The number of nitrogens with zero attached hydrogens (tertiary/aromatic N) is 1. The molecule has 1 N–H and O–H groups in total. The Balaban J connectivity index is 0.00000361. The maximum absolute atomic E-state index is 11.8. The van der Waals surface area contributed by atoms with E-state index in [-0.39, 0.29) is 18.3 Å². The number of carbonyl (C=O) groups is 1. The third-order valence-corrected chi connectivity index (χ3v) is 3.25. The molecule has 114 valence electrons. The zero-order valence-corrected chi connectivity index (χ0v) is 13.5. The fourth-order valence-electron chi connectivity index (χ4n) is 1.72. The number of halogens is 1. The van der Waals surface area contributed by atoms with Crippen LogP contribution in [0.1, 0.15) is 17.5 Å². The van der Waals surface area contributed by atoms with Gasteiger partial charge in [0.25, 0.3) is 0 Å². The van der Waals surface area contributed by atoms with Gasteiger partial charge < -0.3 is 15.0 Å². The number of aryl methyl sites for hydroxylation is 1. The van der Waals surface area contributed by atoms with E-state index in [2.05, 4.69) is 18.3 Å². The Hall–Kier alpha value is -1.26. The van der Waals surface area contributed by atoms with Crippen molar-refractivity contribution < 1.29 is 9.53 Å². The van der Waals surface area contributed by atoms with Gasteiger partial charge in [0.05, 0.1) is 13.0 Å². The number of carbonyl (C=O) groups excluding carboxylic acids is 1. The molecule has 0 heterocycles. The van der Waals surface area contributed by atoms with Crippen molar-refractivity contribution in [3.63, 3.8) is 0 Å². The molecule has 1 aromatic rings. The van der Waals surface area contributed by atoms with Gasteiger partial charge in [0, 0.05) is 20.1 Å². The van der Waals surface area contributed by atoms with E-state index < -0.39 is 0 Å². The first-order valence-corrected chi connectivity index (χ1v) is 6.64. The highest BCUT2D eigenvalue weighted by atomic mass is 35.5. The first-order chi connectivity index (χ1) is 9.06. The average molecular weight is 301 g/mol. The predicted molar refractivity (Wildman–Crippen MR) is 84.8 cm³/mol. The lowest BCUT2D eigenvalue weighted by atomic mass is 10.1. The molecule has 0 spiro atoms. The van der Waals surface area contributed by atoms with Crippen molar-refractivity contribution in [1.29, 1.82) is 0 Å². The standard InChI is InChI=1S/C15H24N2O2.ClH/c1-12-6-5-7-14(13(12)2)19-11-8-15(18)17(4)10-9-16-3;/h5-7,16H,8-11H2,1-4H3;1H. The summed E-state index contributed by atoms with van der Waals surface area (Å²) in [5.41, 5.74) is 2.34. The maximum Gasteiger partial charge on any atom is 0.225 e. The van der Waals surface area contributed by atoms with Crippen molar-refractivity contribution in [2.24, 2.45) is 0 Å². The number of benzene rings is 1. The van der Waals surface area contributed by atoms with Gasteiger partial charge in [-0.1, -0.05) is 12.1 Å². The van der Waals surface area contributed by atoms with Crippen LogP contribution in [0.4, 0.5) is 0 Å². The van der Waals surface area contributed by atoms with Gasteiger partial charge in [-0.15, -0.1) is 12.4 Å². The third-order valence-electron chi connectivity index (χ3n) is 3.25. The van der Waals surface area contributed by atoms with E-state index in [0.717, 1.165) is 24.4 Å². The molecule has 1 amide bonds. The van der Waals surface area contributed by atoms with Gasteiger partial charge in [-0.05, 0) is 38.1 Å². The SMILES string of the molecule is CNCCN(C)C(=O)CCOc1cccc(C)c1C.Cl. The lowest BCUT2D eigenvalue weighted by Crippen LogP contribution is -2.33. The van der Waals surface area contributed by atoms with Crippen LogP contribution in [0.2, 0.25) is 0 Å². The summed E-state index contributed by atoms with van der Waals surface area (Å²) in [4.78, 5) is 13.5. The van der Waals surface area contributed by atoms with Crippen LogP contribution in [0.5, 0.6) is 5.75 Å². The van der Waals surface area contributed by atoms with Crippen molar-refractivity contribution in [2.75, 3.05) is 33.8 Å². The molecule has 0 fully saturated rings. The highest BCUT2D eigenvalue weighted by molar-refractivity contribution is 5.85. The minimum atomic E-state index is 0. The van der Waals surface area contributed by atoms with Crippen LogP contribution < -0.4 is 10.1 Å². The second-order valence-corrected chi connectivity index (χ2v) is 4.72. The molecule has 1 aromatic carbocycles. The zero-order valence-electron chi connectivity index (χ0n) is 12.7. The molecular formula is C15H25ClN2O2. The van der Waals surface area contributed by atoms with E-state index in [1.165, 1.54) is 5.56 Å². The Bertz CT molecular complexity index is 424. The molecule has 4 nitrogen and oxygen atoms in total. The summed E-state index contributed by atoms with van der Waals surface area (Å²) in [5, 5.41) is 3.02. The first kappa shape index (κ1) is 18.7. The summed E-state index contributed by atoms with van der Waals surface area (Å²) in [6, 6.07) is 5.97. The fourth-order valence-corrected chi connectivity index (χ4v) is 1.72. The fraction of sp³-hybridized carbons (Fsp3) is 0.533. The van der Waals surface area contributed by atoms with Gasteiger partial charge >= 0.3 is 0 Å². The average Bonchev–Trinajstić information content (AvgIpc) is 2.40. The van der Waals surface area contributed by atoms with E-state index in [0.29, 0.717) is 13.0 Å². The van der Waals surface area contributed by atoms with Gasteiger partial charge in [0.1, 0.15) is 5.75 Å². The molecule has 20 heavy (non-hydrogen) atoms. The van der Waals surface area contributed by atoms with Crippen molar-refractivity contribution in [2.45, 2.75) is 20.3 Å². The van der Waals surface area contributed by atoms with Crippen LogP contribution >= 0.6 is 12.4 Å². The third kappa shape index (κ3) is 5.80. The monoisotopic (exact) mass is 300 g/mol. The molecule has 0 aromatic heterocycles. The number of ether oxygens (including phenoxy) is 1. The summed E-state index contributed by atoms with van der Waals surface area (Å²) in [5.74, 6) is 0.978. The van der Waals surface area contributed by atoms with Crippen molar-refractivity contribution in [3.05, 3.63) is 29.3 Å². The molecule has 0 aliphatic heterocycles. The highest BCUT2D eigenvalue weighted by Gasteiger charge is 2.08. The quantitative estimate of drug-likeness (QED) is 0.839. The van der Waals surface area contributed by atoms with E-state index in [9.17, 15) is 4.79 Å². The Morgan fingerprint density at radius 2 is 2.05 bits per heavy atom. The number of hydrogen-bond acceptors (Lipinski definition) is 3. The maximum atomic E-state index is 11.8. The molecule has 0 saturated heterocycles. The first-order valence-electron chi connectivity index (χ1n) is 6.64. The van der Waals surface area contributed by atoms with Gasteiger partial charge in [-0.2, -0.15) is 0 Å². The van der Waals surface area contributed by atoms with E-state index >= 15 is 0 Å². The van der Waals surface area contributed by atoms with Crippen molar-refractivity contribution in [1.82, 2.24) is 10.2 Å². The molecule has 0 atom stereocenters. The number of rotatable bonds is 7. The van der Waals surface area contributed by atoms with E-state index in [1.54, 1.807) is 4.90 Å². The number of hydrogen-bond donors (Lipinski definition) is 1. The van der Waals surface area contributed by atoms with Crippen LogP contribution in [0.3, 0.4) is 0 Å². The number of likely N-dealkylation sites (N-methyl/N-ethyl adjacent to an activating group) is 2. The van der Waals surface area contributed by atoms with Crippen molar-refractivity contribution >= 4 is 18.3 Å². The van der Waals surface area contributed by atoms with Crippen molar-refractivity contribution in [3.8, 4) is 5.75 Å². The number of nitrogens with one attached hydrogen (secondary N) is 1. The van der Waals surface area contributed by atoms with Gasteiger partial charge in [0.15, 0.2) is 0 Å². The summed E-state index contributed by atoms with van der Waals surface area (Å²) in [6.07, 6.45) is 0.410. The lowest BCUT2D eigenvalue weighted by Gasteiger charge is -2.17. The Morgan fingerprint density at radius 3 is 2.70 bits per heavy atom. The summed E-state index contributed by atoms with van der Waals surface area (Å²) in [6.45, 7) is 6.04. The van der Waals surface area contributed by atoms with Crippen LogP contribution in [0.25, 0.3) is 0 Å². The van der Waals surface area contributed by atoms with Gasteiger partial charge in [-0.25, -0.2) is 0 Å². The molecule has 0 aliphatic rings. The molecule has 0 saturated carbocycles. The molecule has 0 radical (unpaired) electrons. The summed E-state index contributed by atoms with van der Waals surface area (Å²) in [7, 11) is 3.69. The topological polar surface area (TPSA) is 41.6 Å². The minimum absolute atomic E-state index is 0. The highest BCUT2D eigenvalue weighted by Crippen LogP contribution is 2.20. The largest absolute Gasteiger partial charge is 0.493 e. The predicted octanol–water partition coefficient (Wildman–Crippen LogP) is 2.17. The van der Waals surface area contributed by atoms with Crippen LogP contribution in [-0.2, 0) is 4.79 Å². The molecule has 5 heteroatoms. The Labute approximate surface area is 127 Å². The second-order valence-electron chi connectivity index (χ2n) is 4.72. The van der Waals surface area contributed by atoms with Crippen LogP contribution in [-0.4, -0.2) is 44.6 Å². The number of amides is 1. The summed E-state index contributed by atoms with van der Waals surface area (Å²) >= 11 is 0. The zero-order chi connectivity index (χ0) is 14.3. The molecular weight excluding hydrogens is 276 g/mol. The molecule has 0 aliphatic carbocycles. The van der Waals surface area contributed by atoms with Crippen LogP contribution in [0, 0.1) is 13.8 Å². The summed E-state index contributed by atoms with van der Waals surface area (Å²) < 4.78 is 5.68. The smallest absolute Gasteiger partial charge is 0.225 e. The molecule has 1 rings (SSSR count). The second kappa shape index (κ2) is 9.61. The Morgan fingerprint density at radius 1 is 1.35 bits per heavy atom. The molecule has 0 unspecified atom stereocenters. The van der Waals surface area contributed by atoms with E-state index in [4.69, 9.17) is 4.74 Å². The molecule has 0 bridgehead atoms. The normalized spacial score (nSPS) is 9.80. The lowest BCUT2D eigenvalue weighted by molar-refractivity contribution is -0.130.